The van der Waals surface area contributed by atoms with E-state index in [-0.39, 0.29) is 29.4 Å². The van der Waals surface area contributed by atoms with Gasteiger partial charge in [0.1, 0.15) is 0 Å². The maximum atomic E-state index is 13.3. The fourth-order valence-corrected chi connectivity index (χ4v) is 5.42. The highest BCUT2D eigenvalue weighted by molar-refractivity contribution is 7.89. The van der Waals surface area contributed by atoms with Crippen LogP contribution in [0.1, 0.15) is 50.6 Å². The predicted molar refractivity (Wildman–Crippen MR) is 110 cm³/mol. The summed E-state index contributed by atoms with van der Waals surface area (Å²) in [7, 11) is -3.72. The Kier molecular flexibility index (Phi) is 6.86. The van der Waals surface area contributed by atoms with Crippen molar-refractivity contribution in [2.75, 3.05) is 6.54 Å². The molecule has 0 spiro atoms. The molecule has 6 heteroatoms. The molecule has 0 saturated heterocycles. The molecule has 150 valence electrons. The molecule has 1 amide bonds. The van der Waals surface area contributed by atoms with Gasteiger partial charge in [0.25, 0.3) is 0 Å². The third kappa shape index (κ3) is 5.00. The Bertz CT molecular complexity index is 863. The van der Waals surface area contributed by atoms with Crippen molar-refractivity contribution in [2.45, 2.75) is 56.0 Å². The summed E-state index contributed by atoms with van der Waals surface area (Å²) in [6, 6.07) is 17.8. The van der Waals surface area contributed by atoms with Gasteiger partial charge in [-0.1, -0.05) is 67.8 Å². The van der Waals surface area contributed by atoms with Gasteiger partial charge < -0.3 is 5.32 Å². The lowest BCUT2D eigenvalue weighted by atomic mass is 9.95. The van der Waals surface area contributed by atoms with E-state index in [9.17, 15) is 13.2 Å². The van der Waals surface area contributed by atoms with Crippen LogP contribution in [0.3, 0.4) is 0 Å². The Morgan fingerprint density at radius 3 is 2.18 bits per heavy atom. The van der Waals surface area contributed by atoms with E-state index < -0.39 is 10.0 Å². The molecule has 0 heterocycles. The Morgan fingerprint density at radius 1 is 1.00 bits per heavy atom. The summed E-state index contributed by atoms with van der Waals surface area (Å²) in [4.78, 5) is 13.0. The Labute approximate surface area is 167 Å². The molecule has 1 N–H and O–H groups in total. The second-order valence-electron chi connectivity index (χ2n) is 7.36. The maximum absolute atomic E-state index is 13.3. The minimum absolute atomic E-state index is 0.128. The van der Waals surface area contributed by atoms with Gasteiger partial charge in [0, 0.05) is 6.04 Å². The third-order valence-electron chi connectivity index (χ3n) is 5.31. The van der Waals surface area contributed by atoms with Crippen molar-refractivity contribution in [2.24, 2.45) is 0 Å². The summed E-state index contributed by atoms with van der Waals surface area (Å²) < 4.78 is 27.9. The van der Waals surface area contributed by atoms with Crippen molar-refractivity contribution >= 4 is 15.9 Å². The summed E-state index contributed by atoms with van der Waals surface area (Å²) in [5, 5.41) is 2.94. The van der Waals surface area contributed by atoms with E-state index in [4.69, 9.17) is 0 Å². The van der Waals surface area contributed by atoms with Gasteiger partial charge in [-0.3, -0.25) is 4.79 Å². The van der Waals surface area contributed by atoms with E-state index in [0.29, 0.717) is 0 Å². The highest BCUT2D eigenvalue weighted by Crippen LogP contribution is 2.27. The molecule has 1 atom stereocenters. The highest BCUT2D eigenvalue weighted by Gasteiger charge is 2.34. The lowest BCUT2D eigenvalue weighted by Crippen LogP contribution is -2.47. The first-order valence-corrected chi connectivity index (χ1v) is 11.3. The molecule has 0 bridgehead atoms. The SMILES string of the molecule is C[C@@H](NC(=O)CN(C1CCCCC1)S(=O)(=O)c1ccccc1)c1ccccc1. The van der Waals surface area contributed by atoms with Crippen LogP contribution in [0.25, 0.3) is 0 Å². The summed E-state index contributed by atoms with van der Waals surface area (Å²) in [5.41, 5.74) is 0.992. The van der Waals surface area contributed by atoms with Crippen LogP contribution >= 0.6 is 0 Å². The summed E-state index contributed by atoms with van der Waals surface area (Å²) in [5.74, 6) is -0.276. The molecular weight excluding hydrogens is 372 g/mol. The van der Waals surface area contributed by atoms with E-state index in [1.54, 1.807) is 30.3 Å². The normalized spacial score (nSPS) is 16.6. The van der Waals surface area contributed by atoms with Gasteiger partial charge in [-0.2, -0.15) is 4.31 Å². The van der Waals surface area contributed by atoms with Crippen LogP contribution in [0, 0.1) is 0 Å². The van der Waals surface area contributed by atoms with E-state index in [1.807, 2.05) is 37.3 Å². The fraction of sp³-hybridized carbons (Fsp3) is 0.409. The van der Waals surface area contributed by atoms with Gasteiger partial charge in [0.2, 0.25) is 15.9 Å². The molecule has 2 aromatic carbocycles. The van der Waals surface area contributed by atoms with E-state index >= 15 is 0 Å². The standard InChI is InChI=1S/C22H28N2O3S/c1-18(19-11-5-2-6-12-19)23-22(25)17-24(20-13-7-3-8-14-20)28(26,27)21-15-9-4-10-16-21/h2,4-6,9-12,15-16,18,20H,3,7-8,13-14,17H2,1H3,(H,23,25)/t18-/m1/s1. The molecule has 5 nitrogen and oxygen atoms in total. The van der Waals surface area contributed by atoms with Crippen LogP contribution in [0.15, 0.2) is 65.6 Å². The third-order valence-corrected chi connectivity index (χ3v) is 7.22. The molecule has 1 aliphatic rings. The lowest BCUT2D eigenvalue weighted by Gasteiger charge is -2.33. The first-order valence-electron chi connectivity index (χ1n) is 9.89. The number of benzene rings is 2. The molecule has 0 radical (unpaired) electrons. The average Bonchev–Trinajstić information content (AvgIpc) is 2.74. The van der Waals surface area contributed by atoms with Crippen molar-refractivity contribution in [3.05, 3.63) is 66.2 Å². The van der Waals surface area contributed by atoms with Crippen LogP contribution < -0.4 is 5.32 Å². The molecule has 1 aliphatic carbocycles. The van der Waals surface area contributed by atoms with Crippen LogP contribution in [-0.2, 0) is 14.8 Å². The minimum atomic E-state index is -3.72. The molecule has 2 aromatic rings. The molecule has 1 fully saturated rings. The summed E-state index contributed by atoms with van der Waals surface area (Å²) >= 11 is 0. The highest BCUT2D eigenvalue weighted by atomic mass is 32.2. The number of sulfonamides is 1. The zero-order valence-corrected chi connectivity index (χ0v) is 17.1. The van der Waals surface area contributed by atoms with Gasteiger partial charge in [0.15, 0.2) is 0 Å². The molecule has 1 saturated carbocycles. The molecule has 0 aliphatic heterocycles. The van der Waals surface area contributed by atoms with E-state index in [1.165, 1.54) is 4.31 Å². The Balaban J connectivity index is 1.78. The molecule has 0 unspecified atom stereocenters. The van der Waals surface area contributed by atoms with Crippen molar-refractivity contribution in [1.82, 2.24) is 9.62 Å². The zero-order chi connectivity index (χ0) is 20.0. The second-order valence-corrected chi connectivity index (χ2v) is 9.25. The largest absolute Gasteiger partial charge is 0.348 e. The number of rotatable bonds is 7. The average molecular weight is 401 g/mol. The van der Waals surface area contributed by atoms with Crippen molar-refractivity contribution in [3.8, 4) is 0 Å². The van der Waals surface area contributed by atoms with Crippen molar-refractivity contribution in [3.63, 3.8) is 0 Å². The molecule has 0 aromatic heterocycles. The topological polar surface area (TPSA) is 66.5 Å². The predicted octanol–water partition coefficient (Wildman–Crippen LogP) is 3.89. The van der Waals surface area contributed by atoms with Crippen LogP contribution in [-0.4, -0.2) is 31.2 Å². The minimum Gasteiger partial charge on any atom is -0.348 e. The van der Waals surface area contributed by atoms with Crippen LogP contribution in [0.4, 0.5) is 0 Å². The van der Waals surface area contributed by atoms with Gasteiger partial charge in [-0.15, -0.1) is 0 Å². The summed E-state index contributed by atoms with van der Waals surface area (Å²) in [6.45, 7) is 1.75. The monoisotopic (exact) mass is 400 g/mol. The number of hydrogen-bond donors (Lipinski definition) is 1. The molecule has 28 heavy (non-hydrogen) atoms. The first-order chi connectivity index (χ1) is 13.5. The van der Waals surface area contributed by atoms with Gasteiger partial charge >= 0.3 is 0 Å². The van der Waals surface area contributed by atoms with Crippen LogP contribution in [0.2, 0.25) is 0 Å². The number of hydrogen-bond acceptors (Lipinski definition) is 3. The summed E-state index contributed by atoms with van der Waals surface area (Å²) in [6.07, 6.45) is 4.70. The van der Waals surface area contributed by atoms with Gasteiger partial charge in [-0.05, 0) is 37.5 Å². The van der Waals surface area contributed by atoms with Crippen molar-refractivity contribution < 1.29 is 13.2 Å². The number of carbonyl (C=O) groups is 1. The second kappa shape index (κ2) is 9.34. The van der Waals surface area contributed by atoms with E-state index in [0.717, 1.165) is 37.7 Å². The Morgan fingerprint density at radius 2 is 1.57 bits per heavy atom. The first kappa shape index (κ1) is 20.6. The van der Waals surface area contributed by atoms with Gasteiger partial charge in [0.05, 0.1) is 17.5 Å². The maximum Gasteiger partial charge on any atom is 0.243 e. The smallest absolute Gasteiger partial charge is 0.243 e. The zero-order valence-electron chi connectivity index (χ0n) is 16.3. The van der Waals surface area contributed by atoms with Crippen LogP contribution in [0.5, 0.6) is 0 Å². The number of nitrogens with zero attached hydrogens (tertiary/aromatic N) is 1. The number of nitrogens with one attached hydrogen (secondary N) is 1. The van der Waals surface area contributed by atoms with E-state index in [2.05, 4.69) is 5.32 Å². The Hall–Kier alpha value is -2.18. The van der Waals surface area contributed by atoms with Gasteiger partial charge in [-0.25, -0.2) is 8.42 Å². The fourth-order valence-electron chi connectivity index (χ4n) is 3.76. The molecular formula is C22H28N2O3S. The van der Waals surface area contributed by atoms with Crippen molar-refractivity contribution in [1.29, 1.82) is 0 Å². The number of amides is 1. The quantitative estimate of drug-likeness (QED) is 0.767. The molecule has 3 rings (SSSR count). The lowest BCUT2D eigenvalue weighted by molar-refractivity contribution is -0.122. The number of carbonyl (C=O) groups excluding carboxylic acids is 1.